The van der Waals surface area contributed by atoms with Crippen molar-refractivity contribution in [3.63, 3.8) is 0 Å². The number of nitrogens with zero attached hydrogens (tertiary/aromatic N) is 3. The topological polar surface area (TPSA) is 50.3 Å². The number of nitrogens with one attached hydrogen (secondary N) is 1. The van der Waals surface area contributed by atoms with Crippen molar-refractivity contribution in [1.82, 2.24) is 15.5 Å². The molecule has 2 rings (SSSR count). The second-order valence-corrected chi connectivity index (χ2v) is 5.05. The molecular formula is C13H22N4O. The number of hydrogen-bond donors (Lipinski definition) is 1. The van der Waals surface area contributed by atoms with Gasteiger partial charge in [-0.2, -0.15) is 5.10 Å². The van der Waals surface area contributed by atoms with Crippen molar-refractivity contribution >= 4 is 5.82 Å². The van der Waals surface area contributed by atoms with Crippen LogP contribution in [0.5, 0.6) is 0 Å². The highest BCUT2D eigenvalue weighted by atomic mass is 16.5. The Morgan fingerprint density at radius 2 is 2.28 bits per heavy atom. The lowest BCUT2D eigenvalue weighted by atomic mass is 10.2. The zero-order valence-electron chi connectivity index (χ0n) is 11.4. The molecule has 1 aromatic heterocycles. The van der Waals surface area contributed by atoms with Crippen molar-refractivity contribution in [2.75, 3.05) is 25.2 Å². The van der Waals surface area contributed by atoms with Crippen LogP contribution in [-0.4, -0.2) is 42.5 Å². The molecule has 1 fully saturated rings. The second kappa shape index (κ2) is 6.11. The molecule has 1 aliphatic heterocycles. The van der Waals surface area contributed by atoms with E-state index in [-0.39, 0.29) is 0 Å². The summed E-state index contributed by atoms with van der Waals surface area (Å²) in [6, 6.07) is 4.95. The van der Waals surface area contributed by atoms with E-state index in [1.807, 2.05) is 12.1 Å². The largest absolute Gasteiger partial charge is 0.379 e. The van der Waals surface area contributed by atoms with Crippen LogP contribution in [0.3, 0.4) is 0 Å². The number of rotatable bonds is 5. The summed E-state index contributed by atoms with van der Waals surface area (Å²) in [5.41, 5.74) is 0.975. The van der Waals surface area contributed by atoms with E-state index in [9.17, 15) is 0 Å². The summed E-state index contributed by atoms with van der Waals surface area (Å²) >= 11 is 0. The lowest BCUT2D eigenvalue weighted by Crippen LogP contribution is -2.32. The number of hydrogen-bond acceptors (Lipinski definition) is 5. The lowest BCUT2D eigenvalue weighted by molar-refractivity contribution is 0.193. The monoisotopic (exact) mass is 250 g/mol. The van der Waals surface area contributed by atoms with Crippen molar-refractivity contribution < 1.29 is 4.74 Å². The molecule has 0 aliphatic carbocycles. The van der Waals surface area contributed by atoms with Crippen molar-refractivity contribution in [2.24, 2.45) is 0 Å². The minimum absolute atomic E-state index is 0.430. The highest BCUT2D eigenvalue weighted by Gasteiger charge is 2.21. The molecule has 0 aromatic carbocycles. The zero-order chi connectivity index (χ0) is 13.0. The normalized spacial score (nSPS) is 19.4. The number of ether oxygens (including phenoxy) is 1. The molecule has 5 heteroatoms. The Bertz CT molecular complexity index is 360. The molecule has 18 heavy (non-hydrogen) atoms. The third-order valence-corrected chi connectivity index (χ3v) is 3.21. The molecule has 100 valence electrons. The van der Waals surface area contributed by atoms with Crippen molar-refractivity contribution in [3.05, 3.63) is 17.8 Å². The molecule has 0 radical (unpaired) electrons. The van der Waals surface area contributed by atoms with Gasteiger partial charge >= 0.3 is 0 Å². The summed E-state index contributed by atoms with van der Waals surface area (Å²) in [4.78, 5) is 2.15. The van der Waals surface area contributed by atoms with E-state index in [2.05, 4.69) is 41.3 Å². The number of anilines is 1. The van der Waals surface area contributed by atoms with Crippen LogP contribution in [0.4, 0.5) is 5.82 Å². The Hall–Kier alpha value is -1.20. The van der Waals surface area contributed by atoms with Crippen LogP contribution in [0.25, 0.3) is 0 Å². The summed E-state index contributed by atoms with van der Waals surface area (Å²) < 4.78 is 5.39. The van der Waals surface area contributed by atoms with Gasteiger partial charge in [0.25, 0.3) is 0 Å². The molecule has 1 aromatic rings. The van der Waals surface area contributed by atoms with Gasteiger partial charge in [-0.25, -0.2) is 0 Å². The maximum absolute atomic E-state index is 5.39. The zero-order valence-corrected chi connectivity index (χ0v) is 11.4. The third kappa shape index (κ3) is 3.40. The Morgan fingerprint density at radius 1 is 1.44 bits per heavy atom. The minimum atomic E-state index is 0.430. The molecule has 0 saturated carbocycles. The number of aromatic nitrogens is 2. The van der Waals surface area contributed by atoms with Gasteiger partial charge in [-0.1, -0.05) is 13.8 Å². The highest BCUT2D eigenvalue weighted by Crippen LogP contribution is 2.17. The lowest BCUT2D eigenvalue weighted by Gasteiger charge is -2.23. The first-order valence-electron chi connectivity index (χ1n) is 6.53. The van der Waals surface area contributed by atoms with Gasteiger partial charge in [0.05, 0.1) is 18.3 Å². The molecule has 0 amide bonds. The van der Waals surface area contributed by atoms with E-state index in [1.165, 1.54) is 0 Å². The molecule has 5 nitrogen and oxygen atoms in total. The Kier molecular flexibility index (Phi) is 4.49. The van der Waals surface area contributed by atoms with E-state index in [4.69, 9.17) is 4.74 Å². The fraction of sp³-hybridized carbons (Fsp3) is 0.692. The number of likely N-dealkylation sites (N-methyl/N-ethyl adjacent to an activating group) is 1. The molecule has 1 atom stereocenters. The molecule has 1 aliphatic rings. The van der Waals surface area contributed by atoms with Gasteiger partial charge in [0.15, 0.2) is 5.82 Å². The van der Waals surface area contributed by atoms with Gasteiger partial charge in [0.1, 0.15) is 0 Å². The van der Waals surface area contributed by atoms with E-state index >= 15 is 0 Å². The van der Waals surface area contributed by atoms with Gasteiger partial charge in [-0.05, 0) is 18.6 Å². The average molecular weight is 250 g/mol. The predicted octanol–water partition coefficient (Wildman–Crippen LogP) is 1.20. The van der Waals surface area contributed by atoms with Gasteiger partial charge in [-0.15, -0.1) is 5.10 Å². The molecular weight excluding hydrogens is 228 g/mol. The summed E-state index contributed by atoms with van der Waals surface area (Å²) in [6.45, 7) is 6.64. The molecule has 1 saturated heterocycles. The summed E-state index contributed by atoms with van der Waals surface area (Å²) in [5.74, 6) is 0.916. The Morgan fingerprint density at radius 3 is 2.83 bits per heavy atom. The molecule has 0 spiro atoms. The standard InChI is InChI=1S/C13H22N4O/c1-10(2)14-8-11-4-5-13(16-15-11)17(3)12-6-7-18-9-12/h4-5,10,12,14H,6-9H2,1-3H3. The maximum atomic E-state index is 5.39. The fourth-order valence-electron chi connectivity index (χ4n) is 1.96. The van der Waals surface area contributed by atoms with Gasteiger partial charge in [0.2, 0.25) is 0 Å². The average Bonchev–Trinajstić information content (AvgIpc) is 2.90. The highest BCUT2D eigenvalue weighted by molar-refractivity contribution is 5.37. The Labute approximate surface area is 109 Å². The van der Waals surface area contributed by atoms with Crippen LogP contribution in [0.1, 0.15) is 26.0 Å². The SMILES string of the molecule is CC(C)NCc1ccc(N(C)C2CCOC2)nn1. The predicted molar refractivity (Wildman–Crippen MR) is 71.6 cm³/mol. The molecule has 0 bridgehead atoms. The smallest absolute Gasteiger partial charge is 0.151 e. The van der Waals surface area contributed by atoms with Gasteiger partial charge < -0.3 is 15.0 Å². The maximum Gasteiger partial charge on any atom is 0.151 e. The molecule has 1 unspecified atom stereocenters. The van der Waals surface area contributed by atoms with Crippen LogP contribution in [-0.2, 0) is 11.3 Å². The van der Waals surface area contributed by atoms with Gasteiger partial charge in [0, 0.05) is 26.2 Å². The van der Waals surface area contributed by atoms with E-state index in [1.54, 1.807) is 0 Å². The summed E-state index contributed by atoms with van der Waals surface area (Å²) in [5, 5.41) is 11.9. The minimum Gasteiger partial charge on any atom is -0.379 e. The quantitative estimate of drug-likeness (QED) is 0.851. The van der Waals surface area contributed by atoms with Gasteiger partial charge in [-0.3, -0.25) is 0 Å². The molecule has 1 N–H and O–H groups in total. The van der Waals surface area contributed by atoms with Crippen molar-refractivity contribution in [2.45, 2.75) is 38.9 Å². The second-order valence-electron chi connectivity index (χ2n) is 5.05. The summed E-state index contributed by atoms with van der Waals surface area (Å²) in [7, 11) is 2.05. The van der Waals surface area contributed by atoms with E-state index in [0.29, 0.717) is 12.1 Å². The van der Waals surface area contributed by atoms with E-state index in [0.717, 1.165) is 37.7 Å². The van der Waals surface area contributed by atoms with E-state index < -0.39 is 0 Å². The van der Waals surface area contributed by atoms with Crippen LogP contribution in [0.15, 0.2) is 12.1 Å². The van der Waals surface area contributed by atoms with Crippen molar-refractivity contribution in [3.8, 4) is 0 Å². The van der Waals surface area contributed by atoms with Crippen LogP contribution in [0, 0.1) is 0 Å². The fourth-order valence-corrected chi connectivity index (χ4v) is 1.96. The Balaban J connectivity index is 1.93. The first-order valence-corrected chi connectivity index (χ1v) is 6.53. The first kappa shape index (κ1) is 13.2. The molecule has 2 heterocycles. The van der Waals surface area contributed by atoms with Crippen molar-refractivity contribution in [1.29, 1.82) is 0 Å². The third-order valence-electron chi connectivity index (χ3n) is 3.21. The van der Waals surface area contributed by atoms with Crippen LogP contribution in [0.2, 0.25) is 0 Å². The van der Waals surface area contributed by atoms with Crippen LogP contribution < -0.4 is 10.2 Å². The first-order chi connectivity index (χ1) is 8.66. The van der Waals surface area contributed by atoms with Crippen LogP contribution >= 0.6 is 0 Å². The summed E-state index contributed by atoms with van der Waals surface area (Å²) in [6.07, 6.45) is 1.06.